The summed E-state index contributed by atoms with van der Waals surface area (Å²) in [5.41, 5.74) is 2.10. The van der Waals surface area contributed by atoms with Crippen LogP contribution in [-0.4, -0.2) is 13.7 Å². The van der Waals surface area contributed by atoms with Crippen LogP contribution in [0.4, 0.5) is 0 Å². The molecule has 0 aliphatic heterocycles. The van der Waals surface area contributed by atoms with Crippen LogP contribution in [0.3, 0.4) is 0 Å². The van der Waals surface area contributed by atoms with Crippen LogP contribution < -0.4 is 24.8 Å². The van der Waals surface area contributed by atoms with E-state index in [0.717, 1.165) is 16.3 Å². The average Bonchev–Trinajstić information content (AvgIpc) is 3.04. The largest absolute Gasteiger partial charge is 1.00 e. The Labute approximate surface area is 168 Å². The first-order chi connectivity index (χ1) is 10.4. The zero-order valence-electron chi connectivity index (χ0n) is 13.4. The van der Waals surface area contributed by atoms with Gasteiger partial charge in [-0.25, -0.2) is 0 Å². The van der Waals surface area contributed by atoms with Gasteiger partial charge in [0.1, 0.15) is 0 Å². The van der Waals surface area contributed by atoms with Gasteiger partial charge in [0.25, 0.3) is 0 Å². The van der Waals surface area contributed by atoms with Crippen LogP contribution >= 0.6 is 7.60 Å². The van der Waals surface area contributed by atoms with Crippen LogP contribution in [-0.2, 0) is 29.5 Å². The van der Waals surface area contributed by atoms with Gasteiger partial charge < -0.3 is 24.8 Å². The van der Waals surface area contributed by atoms with Crippen molar-refractivity contribution in [2.75, 3.05) is 0 Å². The number of rotatable bonds is 4. The average molecular weight is 436 g/mol. The van der Waals surface area contributed by atoms with Gasteiger partial charge >= 0.3 is 144 Å². The second-order valence-corrected chi connectivity index (χ2v) is 11.5. The van der Waals surface area contributed by atoms with Crippen molar-refractivity contribution in [1.29, 1.82) is 0 Å². The number of hydrogen-bond acceptors (Lipinski definition) is 2. The molecule has 0 saturated heterocycles. The Morgan fingerprint density at radius 1 is 1.29 bits per heavy atom. The fraction of sp³-hybridized carbons (Fsp3) is 0.250. The molecule has 24 heavy (non-hydrogen) atoms. The standard InChI is InChI=1S/C16H18O3PSi.2ClH.Ti/c1-21(2)16-9-5-8-15(16)19-20(17,18)14-10-12-6-3-4-7-13(12)11-14;;;/h3-7,9-11,21H,8H2,1-2H3,(H,17,18);2*1H;/q;;;+2/p-2. The van der Waals surface area contributed by atoms with E-state index in [4.69, 9.17) is 4.52 Å². The van der Waals surface area contributed by atoms with Crippen LogP contribution in [0.1, 0.15) is 21.8 Å². The van der Waals surface area contributed by atoms with Gasteiger partial charge in [0.05, 0.1) is 0 Å². The Morgan fingerprint density at radius 2 is 1.96 bits per heavy atom. The predicted molar refractivity (Wildman–Crippen MR) is 87.7 cm³/mol. The monoisotopic (exact) mass is 435 g/mol. The molecule has 127 valence electrons. The quantitative estimate of drug-likeness (QED) is 0.443. The molecule has 0 heterocycles. The van der Waals surface area contributed by atoms with Gasteiger partial charge in [-0.1, -0.05) is 0 Å². The van der Waals surface area contributed by atoms with E-state index in [0.29, 0.717) is 17.5 Å². The Balaban J connectivity index is 0.00000144. The minimum absolute atomic E-state index is 0. The van der Waals surface area contributed by atoms with Gasteiger partial charge in [0.2, 0.25) is 0 Å². The Morgan fingerprint density at radius 3 is 2.58 bits per heavy atom. The van der Waals surface area contributed by atoms with Gasteiger partial charge in [0.15, 0.2) is 0 Å². The molecule has 8 heteroatoms. The van der Waals surface area contributed by atoms with Crippen molar-refractivity contribution in [3.63, 3.8) is 0 Å². The molecule has 0 saturated carbocycles. The normalized spacial score (nSPS) is 20.9. The zero-order valence-corrected chi connectivity index (χ0v) is 18.5. The van der Waals surface area contributed by atoms with E-state index < -0.39 is 16.4 Å². The number of fused-ring (bicyclic) bond motifs is 1. The molecule has 0 aromatic heterocycles. The molecule has 0 spiro atoms. The Hall–Kier alpha value is -0.0588. The van der Waals surface area contributed by atoms with E-state index in [2.05, 4.69) is 13.1 Å². The maximum Gasteiger partial charge on any atom is -1.00 e. The summed E-state index contributed by atoms with van der Waals surface area (Å²) >= 11 is 1.96. The minimum atomic E-state index is -3.82. The first kappa shape index (κ1) is 22.0. The van der Waals surface area contributed by atoms with E-state index in [9.17, 15) is 9.46 Å². The molecular formula is C16H18Cl2O3PSiTi. The van der Waals surface area contributed by atoms with Crippen molar-refractivity contribution in [3.8, 4) is 0 Å². The van der Waals surface area contributed by atoms with E-state index in [1.165, 1.54) is 0 Å². The molecule has 0 fully saturated rings. The maximum atomic E-state index is 12.8. The zero-order chi connectivity index (χ0) is 15.9. The van der Waals surface area contributed by atoms with Crippen molar-refractivity contribution >= 4 is 22.5 Å². The van der Waals surface area contributed by atoms with Crippen LogP contribution in [0.5, 0.6) is 0 Å². The number of benzene rings is 1. The minimum Gasteiger partial charge on any atom is -1.00 e. The number of allylic oxidation sites excluding steroid dienone is 4. The summed E-state index contributed by atoms with van der Waals surface area (Å²) in [7, 11) is -4.88. The summed E-state index contributed by atoms with van der Waals surface area (Å²) in [4.78, 5) is 10.5. The topological polar surface area (TPSA) is 46.5 Å². The number of hydrogen-bond donors (Lipinski definition) is 1. The van der Waals surface area contributed by atoms with Crippen molar-refractivity contribution in [3.05, 3.63) is 63.8 Å². The summed E-state index contributed by atoms with van der Waals surface area (Å²) in [5, 5.41) is 1.65. The van der Waals surface area contributed by atoms with E-state index >= 15 is 0 Å². The van der Waals surface area contributed by atoms with Crippen molar-refractivity contribution in [2.45, 2.75) is 23.7 Å². The van der Waals surface area contributed by atoms with Gasteiger partial charge in [-0.3, -0.25) is 0 Å². The molecule has 0 amide bonds. The van der Waals surface area contributed by atoms with E-state index in [1.807, 2.05) is 62.9 Å². The molecule has 2 aliphatic rings. The molecule has 2 atom stereocenters. The van der Waals surface area contributed by atoms with Gasteiger partial charge in [-0.15, -0.1) is 0 Å². The Bertz CT molecular complexity index is 761. The third kappa shape index (κ3) is 4.19. The third-order valence-corrected chi connectivity index (χ3v) is 8.63. The molecule has 3 nitrogen and oxygen atoms in total. The summed E-state index contributed by atoms with van der Waals surface area (Å²) in [5.74, 6) is 0.691. The fourth-order valence-corrected chi connectivity index (χ4v) is 6.96. The SMILES string of the molecule is C[SiH](C)C1=C(OP(=O)(O)C2=Cc3ccccc3[CH]2[Ti+2])CC=C1.[Cl-].[Cl-]. The summed E-state index contributed by atoms with van der Waals surface area (Å²) in [6.45, 7) is 4.40. The molecule has 2 unspecified atom stereocenters. The third-order valence-electron chi connectivity index (χ3n) is 4.01. The van der Waals surface area contributed by atoms with E-state index in [1.54, 1.807) is 0 Å². The Kier molecular flexibility index (Phi) is 7.83. The molecule has 3 rings (SSSR count). The van der Waals surface area contributed by atoms with Crippen LogP contribution in [0.25, 0.3) is 6.08 Å². The van der Waals surface area contributed by atoms with Crippen LogP contribution in [0.2, 0.25) is 13.1 Å². The summed E-state index contributed by atoms with van der Waals surface area (Å²) in [6, 6.07) is 7.88. The maximum absolute atomic E-state index is 12.8. The summed E-state index contributed by atoms with van der Waals surface area (Å²) in [6.07, 6.45) is 6.50. The molecular weight excluding hydrogens is 418 g/mol. The van der Waals surface area contributed by atoms with Gasteiger partial charge in [-0.05, 0) is 0 Å². The fourth-order valence-electron chi connectivity index (χ4n) is 2.86. The molecule has 1 N–H and O–H groups in total. The molecule has 2 aliphatic carbocycles. The van der Waals surface area contributed by atoms with Crippen molar-refractivity contribution < 1.29 is 59.2 Å². The number of halogens is 2. The summed E-state index contributed by atoms with van der Waals surface area (Å²) < 4.78 is 18.4. The van der Waals surface area contributed by atoms with Gasteiger partial charge in [-0.2, -0.15) is 0 Å². The molecule has 0 bridgehead atoms. The smallest absolute Gasteiger partial charge is 1.00 e. The van der Waals surface area contributed by atoms with Crippen LogP contribution in [0.15, 0.2) is 52.7 Å². The van der Waals surface area contributed by atoms with Crippen molar-refractivity contribution in [1.82, 2.24) is 0 Å². The van der Waals surface area contributed by atoms with Crippen LogP contribution in [0, 0.1) is 0 Å². The van der Waals surface area contributed by atoms with Crippen molar-refractivity contribution in [2.24, 2.45) is 0 Å². The first-order valence-corrected chi connectivity index (χ1v) is 12.7. The molecule has 1 aromatic rings. The predicted octanol–water partition coefficient (Wildman–Crippen LogP) is -1.92. The second-order valence-electron chi connectivity index (χ2n) is 5.88. The second kappa shape index (κ2) is 8.55. The molecule has 1 aromatic carbocycles. The molecule has 0 radical (unpaired) electrons. The first-order valence-electron chi connectivity index (χ1n) is 7.34. The van der Waals surface area contributed by atoms with E-state index in [-0.39, 0.29) is 29.0 Å². The van der Waals surface area contributed by atoms with Gasteiger partial charge in [0, 0.05) is 0 Å².